The number of hydrogen-bond acceptors (Lipinski definition) is 5. The van der Waals surface area contributed by atoms with Crippen molar-refractivity contribution in [3.05, 3.63) is 58.3 Å². The zero-order chi connectivity index (χ0) is 16.9. The van der Waals surface area contributed by atoms with Gasteiger partial charge < -0.3 is 9.73 Å². The topological polar surface area (TPSA) is 63.3 Å². The number of carbonyl (C=O) groups is 1. The maximum atomic E-state index is 12.4. The second kappa shape index (κ2) is 7.46. The summed E-state index contributed by atoms with van der Waals surface area (Å²) in [6.07, 6.45) is 1.65. The van der Waals surface area contributed by atoms with E-state index < -0.39 is 0 Å². The lowest BCUT2D eigenvalue weighted by molar-refractivity contribution is -0.117. The summed E-state index contributed by atoms with van der Waals surface area (Å²) in [6, 6.07) is 9.72. The Morgan fingerprint density at radius 2 is 2.25 bits per heavy atom. The minimum absolute atomic E-state index is 0.0684. The van der Waals surface area contributed by atoms with E-state index in [2.05, 4.69) is 21.4 Å². The highest BCUT2D eigenvalue weighted by Crippen LogP contribution is 2.15. The van der Waals surface area contributed by atoms with E-state index in [-0.39, 0.29) is 12.5 Å². The van der Waals surface area contributed by atoms with Crippen molar-refractivity contribution in [3.8, 4) is 0 Å². The predicted molar refractivity (Wildman–Crippen MR) is 93.7 cm³/mol. The largest absolute Gasteiger partial charge is 0.468 e. The van der Waals surface area contributed by atoms with E-state index >= 15 is 0 Å². The number of aryl methyl sites for hydroxylation is 2. The van der Waals surface area contributed by atoms with Gasteiger partial charge >= 0.3 is 0 Å². The molecule has 0 atom stereocenters. The van der Waals surface area contributed by atoms with Crippen LogP contribution in [-0.4, -0.2) is 27.1 Å². The highest BCUT2D eigenvalue weighted by atomic mass is 32.1. The van der Waals surface area contributed by atoms with Gasteiger partial charge in [0.25, 0.3) is 0 Å². The van der Waals surface area contributed by atoms with Crippen molar-refractivity contribution >= 4 is 23.1 Å². The van der Waals surface area contributed by atoms with Gasteiger partial charge in [-0.25, -0.2) is 0 Å². The highest BCUT2D eigenvalue weighted by molar-refractivity contribution is 7.09. The lowest BCUT2D eigenvalue weighted by Crippen LogP contribution is -2.32. The third kappa shape index (κ3) is 4.33. The number of nitrogens with one attached hydrogen (secondary N) is 1. The lowest BCUT2D eigenvalue weighted by atomic mass is 10.3. The number of furan rings is 1. The van der Waals surface area contributed by atoms with Crippen LogP contribution in [0, 0.1) is 6.92 Å². The first-order valence-electron chi connectivity index (χ1n) is 7.68. The normalized spacial score (nSPS) is 11.1. The fourth-order valence-corrected chi connectivity index (χ4v) is 3.27. The number of anilines is 1. The third-order valence-electron chi connectivity index (χ3n) is 3.56. The lowest BCUT2D eigenvalue weighted by Gasteiger charge is -2.20. The van der Waals surface area contributed by atoms with Crippen molar-refractivity contribution in [1.29, 1.82) is 0 Å². The Bertz CT molecular complexity index is 741. The molecule has 0 saturated heterocycles. The fourth-order valence-electron chi connectivity index (χ4n) is 2.53. The van der Waals surface area contributed by atoms with Gasteiger partial charge in [0.2, 0.25) is 5.91 Å². The predicted octanol–water partition coefficient (Wildman–Crippen LogP) is 3.02. The van der Waals surface area contributed by atoms with Crippen LogP contribution in [0.1, 0.15) is 16.3 Å². The molecule has 0 spiro atoms. The Balaban J connectivity index is 1.65. The van der Waals surface area contributed by atoms with E-state index in [1.807, 2.05) is 43.6 Å². The summed E-state index contributed by atoms with van der Waals surface area (Å²) in [5, 5.41) is 9.19. The molecule has 0 aromatic carbocycles. The van der Waals surface area contributed by atoms with Gasteiger partial charge in [0.05, 0.1) is 25.0 Å². The molecule has 3 heterocycles. The molecule has 0 unspecified atom stereocenters. The number of hydrogen-bond donors (Lipinski definition) is 1. The Morgan fingerprint density at radius 3 is 2.88 bits per heavy atom. The smallest absolute Gasteiger partial charge is 0.239 e. The van der Waals surface area contributed by atoms with Gasteiger partial charge in [0, 0.05) is 24.5 Å². The van der Waals surface area contributed by atoms with Gasteiger partial charge in [0.15, 0.2) is 0 Å². The molecular weight excluding hydrogens is 324 g/mol. The average molecular weight is 344 g/mol. The van der Waals surface area contributed by atoms with E-state index in [1.54, 1.807) is 22.3 Å². The summed E-state index contributed by atoms with van der Waals surface area (Å²) in [4.78, 5) is 15.7. The van der Waals surface area contributed by atoms with Gasteiger partial charge in [-0.3, -0.25) is 14.4 Å². The van der Waals surface area contributed by atoms with Crippen molar-refractivity contribution < 1.29 is 9.21 Å². The van der Waals surface area contributed by atoms with Crippen molar-refractivity contribution in [1.82, 2.24) is 14.7 Å². The average Bonchev–Trinajstić information content (AvgIpc) is 3.24. The van der Waals surface area contributed by atoms with E-state index in [9.17, 15) is 4.79 Å². The Kier molecular flexibility index (Phi) is 5.12. The molecule has 24 heavy (non-hydrogen) atoms. The molecule has 3 aromatic heterocycles. The molecule has 0 aliphatic rings. The van der Waals surface area contributed by atoms with Crippen molar-refractivity contribution in [2.45, 2.75) is 20.0 Å². The van der Waals surface area contributed by atoms with E-state index in [1.165, 1.54) is 4.88 Å². The summed E-state index contributed by atoms with van der Waals surface area (Å²) < 4.78 is 7.09. The van der Waals surface area contributed by atoms with E-state index in [0.717, 1.165) is 11.5 Å². The molecule has 0 fully saturated rings. The molecule has 7 heteroatoms. The Labute approximate surface area is 144 Å². The highest BCUT2D eigenvalue weighted by Gasteiger charge is 2.15. The SMILES string of the molecule is Cc1cc(NC(=O)CN(Cc2ccco2)Cc2cccs2)n(C)n1. The number of carbonyl (C=O) groups excluding carboxylic acids is 1. The zero-order valence-corrected chi connectivity index (χ0v) is 14.5. The molecule has 1 amide bonds. The summed E-state index contributed by atoms with van der Waals surface area (Å²) in [6.45, 7) is 3.47. The van der Waals surface area contributed by atoms with Crippen LogP contribution in [0.25, 0.3) is 0 Å². The maximum absolute atomic E-state index is 12.4. The molecule has 1 N–H and O–H groups in total. The van der Waals surface area contributed by atoms with Crippen LogP contribution in [-0.2, 0) is 24.9 Å². The number of nitrogens with zero attached hydrogens (tertiary/aromatic N) is 3. The minimum Gasteiger partial charge on any atom is -0.468 e. The number of aromatic nitrogens is 2. The second-order valence-electron chi connectivity index (χ2n) is 5.65. The molecule has 3 aromatic rings. The van der Waals surface area contributed by atoms with Crippen molar-refractivity contribution in [2.24, 2.45) is 7.05 Å². The molecular formula is C17H20N4O2S. The maximum Gasteiger partial charge on any atom is 0.239 e. The first kappa shape index (κ1) is 16.5. The summed E-state index contributed by atoms with van der Waals surface area (Å²) in [7, 11) is 1.81. The molecule has 126 valence electrons. The number of amides is 1. The van der Waals surface area contributed by atoms with Gasteiger partial charge in [-0.15, -0.1) is 11.3 Å². The van der Waals surface area contributed by atoms with E-state index in [4.69, 9.17) is 4.42 Å². The number of thiophene rings is 1. The van der Waals surface area contributed by atoms with Gasteiger partial charge in [-0.05, 0) is 30.5 Å². The molecule has 0 aliphatic carbocycles. The van der Waals surface area contributed by atoms with Crippen molar-refractivity contribution in [3.63, 3.8) is 0 Å². The molecule has 0 bridgehead atoms. The van der Waals surface area contributed by atoms with Crippen LogP contribution in [0.4, 0.5) is 5.82 Å². The Hall–Kier alpha value is -2.38. The van der Waals surface area contributed by atoms with Crippen LogP contribution in [0.5, 0.6) is 0 Å². The second-order valence-corrected chi connectivity index (χ2v) is 6.68. The molecule has 3 rings (SSSR count). The summed E-state index contributed by atoms with van der Waals surface area (Å²) in [5.41, 5.74) is 0.874. The van der Waals surface area contributed by atoms with Crippen LogP contribution >= 0.6 is 11.3 Å². The number of rotatable bonds is 7. The zero-order valence-electron chi connectivity index (χ0n) is 13.7. The third-order valence-corrected chi connectivity index (χ3v) is 4.42. The molecule has 6 nitrogen and oxygen atoms in total. The minimum atomic E-state index is -0.0684. The molecule has 0 aliphatic heterocycles. The summed E-state index contributed by atoms with van der Waals surface area (Å²) in [5.74, 6) is 1.48. The molecule has 0 saturated carbocycles. The summed E-state index contributed by atoms with van der Waals surface area (Å²) >= 11 is 1.68. The standard InChI is InChI=1S/C17H20N4O2S/c1-13-9-16(20(2)19-13)18-17(22)12-21(10-14-5-3-7-23-14)11-15-6-4-8-24-15/h3-9H,10-12H2,1-2H3,(H,18,22). The quantitative estimate of drug-likeness (QED) is 0.716. The fraction of sp³-hybridized carbons (Fsp3) is 0.294. The van der Waals surface area contributed by atoms with Crippen LogP contribution < -0.4 is 5.32 Å². The molecule has 0 radical (unpaired) electrons. The van der Waals surface area contributed by atoms with Gasteiger partial charge in [-0.1, -0.05) is 6.07 Å². The van der Waals surface area contributed by atoms with Gasteiger partial charge in [-0.2, -0.15) is 5.10 Å². The Morgan fingerprint density at radius 1 is 1.38 bits per heavy atom. The first-order chi connectivity index (χ1) is 11.6. The van der Waals surface area contributed by atoms with Crippen LogP contribution in [0.2, 0.25) is 0 Å². The monoisotopic (exact) mass is 344 g/mol. The first-order valence-corrected chi connectivity index (χ1v) is 8.56. The van der Waals surface area contributed by atoms with Crippen LogP contribution in [0.15, 0.2) is 46.4 Å². The van der Waals surface area contributed by atoms with E-state index in [0.29, 0.717) is 18.9 Å². The van der Waals surface area contributed by atoms with Crippen LogP contribution in [0.3, 0.4) is 0 Å². The van der Waals surface area contributed by atoms with Crippen molar-refractivity contribution in [2.75, 3.05) is 11.9 Å². The van der Waals surface area contributed by atoms with Gasteiger partial charge in [0.1, 0.15) is 11.6 Å².